The van der Waals surface area contributed by atoms with Gasteiger partial charge in [-0.1, -0.05) is 31.2 Å². The van der Waals surface area contributed by atoms with Crippen molar-refractivity contribution >= 4 is 11.9 Å². The maximum absolute atomic E-state index is 12.0. The fourth-order valence-corrected chi connectivity index (χ4v) is 2.01. The Morgan fingerprint density at radius 3 is 2.47 bits per heavy atom. The molecule has 0 aliphatic carbocycles. The van der Waals surface area contributed by atoms with Crippen LogP contribution in [0.15, 0.2) is 24.3 Å². The first-order chi connectivity index (χ1) is 8.97. The van der Waals surface area contributed by atoms with Crippen LogP contribution in [-0.4, -0.2) is 35.5 Å². The van der Waals surface area contributed by atoms with E-state index in [-0.39, 0.29) is 5.91 Å². The Hall–Kier alpha value is -1.84. The first-order valence-corrected chi connectivity index (χ1v) is 6.49. The maximum atomic E-state index is 12.0. The van der Waals surface area contributed by atoms with Gasteiger partial charge in [-0.25, -0.2) is 0 Å². The monoisotopic (exact) mass is 263 g/mol. The third-order valence-electron chi connectivity index (χ3n) is 3.36. The molecule has 4 heteroatoms. The van der Waals surface area contributed by atoms with Crippen molar-refractivity contribution in [2.45, 2.75) is 26.7 Å². The summed E-state index contributed by atoms with van der Waals surface area (Å²) in [5.41, 5.74) is 2.37. The number of amides is 1. The number of nitrogens with zero attached hydrogens (tertiary/aromatic N) is 1. The number of aryl methyl sites for hydroxylation is 1. The lowest BCUT2D eigenvalue weighted by molar-refractivity contribution is -0.150. The topological polar surface area (TPSA) is 57.6 Å². The van der Waals surface area contributed by atoms with Crippen LogP contribution in [0.25, 0.3) is 0 Å². The van der Waals surface area contributed by atoms with Crippen molar-refractivity contribution in [3.8, 4) is 0 Å². The second kappa shape index (κ2) is 6.92. The van der Waals surface area contributed by atoms with E-state index in [4.69, 9.17) is 5.11 Å². The highest BCUT2D eigenvalue weighted by atomic mass is 16.4. The molecule has 1 unspecified atom stereocenters. The summed E-state index contributed by atoms with van der Waals surface area (Å²) in [5, 5.41) is 8.97. The smallest absolute Gasteiger partial charge is 0.316 e. The molecule has 0 aromatic heterocycles. The molecule has 0 bridgehead atoms. The third kappa shape index (κ3) is 4.09. The van der Waals surface area contributed by atoms with Gasteiger partial charge < -0.3 is 10.0 Å². The molecule has 1 amide bonds. The largest absolute Gasteiger partial charge is 0.481 e. The zero-order valence-corrected chi connectivity index (χ0v) is 11.7. The highest BCUT2D eigenvalue weighted by Gasteiger charge is 2.26. The minimum absolute atomic E-state index is 0.316. The van der Waals surface area contributed by atoms with Gasteiger partial charge in [0.25, 0.3) is 0 Å². The molecule has 0 aliphatic heterocycles. The van der Waals surface area contributed by atoms with Crippen molar-refractivity contribution in [2.24, 2.45) is 5.92 Å². The maximum Gasteiger partial charge on any atom is 0.316 e. The summed E-state index contributed by atoms with van der Waals surface area (Å²) >= 11 is 0. The Labute approximate surface area is 114 Å². The molecular weight excluding hydrogens is 242 g/mol. The summed E-state index contributed by atoms with van der Waals surface area (Å²) in [7, 11) is 1.66. The average Bonchev–Trinajstić information content (AvgIpc) is 2.37. The van der Waals surface area contributed by atoms with Crippen molar-refractivity contribution in [3.63, 3.8) is 0 Å². The molecule has 19 heavy (non-hydrogen) atoms. The molecule has 1 atom stereocenters. The number of hydrogen-bond acceptors (Lipinski definition) is 2. The third-order valence-corrected chi connectivity index (χ3v) is 3.36. The van der Waals surface area contributed by atoms with E-state index < -0.39 is 11.9 Å². The molecule has 104 valence electrons. The molecule has 1 aromatic rings. The van der Waals surface area contributed by atoms with Gasteiger partial charge in [-0.2, -0.15) is 0 Å². The number of hydrogen-bond donors (Lipinski definition) is 1. The predicted molar refractivity (Wildman–Crippen MR) is 73.9 cm³/mol. The number of carbonyl (C=O) groups excluding carboxylic acids is 1. The molecule has 0 heterocycles. The van der Waals surface area contributed by atoms with Crippen LogP contribution in [0.1, 0.15) is 24.5 Å². The van der Waals surface area contributed by atoms with Gasteiger partial charge >= 0.3 is 5.97 Å². The fourth-order valence-electron chi connectivity index (χ4n) is 2.01. The number of carboxylic acid groups (broad SMARTS) is 1. The summed E-state index contributed by atoms with van der Waals surface area (Å²) in [5.74, 6) is -2.29. The molecular formula is C15H21NO3. The first kappa shape index (κ1) is 15.2. The van der Waals surface area contributed by atoms with Crippen LogP contribution in [0.2, 0.25) is 0 Å². The van der Waals surface area contributed by atoms with Crippen LogP contribution in [-0.2, 0) is 16.0 Å². The van der Waals surface area contributed by atoms with Crippen LogP contribution >= 0.6 is 0 Å². The van der Waals surface area contributed by atoms with E-state index in [1.807, 2.05) is 31.2 Å². The van der Waals surface area contributed by atoms with Crippen molar-refractivity contribution in [3.05, 3.63) is 35.4 Å². The second-order valence-electron chi connectivity index (χ2n) is 4.74. The zero-order valence-electron chi connectivity index (χ0n) is 11.7. The molecule has 4 nitrogen and oxygen atoms in total. The van der Waals surface area contributed by atoms with Crippen LogP contribution in [0.3, 0.4) is 0 Å². The Bertz CT molecular complexity index is 456. The summed E-state index contributed by atoms with van der Waals surface area (Å²) in [6, 6.07) is 8.01. The Morgan fingerprint density at radius 2 is 1.95 bits per heavy atom. The van der Waals surface area contributed by atoms with Gasteiger partial charge in [-0.05, 0) is 30.9 Å². The Kier molecular flexibility index (Phi) is 5.55. The summed E-state index contributed by atoms with van der Waals surface area (Å²) in [6.07, 6.45) is 1.06. The second-order valence-corrected chi connectivity index (χ2v) is 4.74. The standard InChI is InChI=1S/C15H21NO3/c1-4-13(15(18)19)14(17)16(3)10-9-12-8-6-5-7-11(12)2/h5-8,13H,4,9-10H2,1-3H3,(H,18,19). The van der Waals surface area contributed by atoms with Gasteiger partial charge in [0.1, 0.15) is 5.92 Å². The average molecular weight is 263 g/mol. The van der Waals surface area contributed by atoms with Crippen LogP contribution in [0.5, 0.6) is 0 Å². The zero-order chi connectivity index (χ0) is 14.4. The van der Waals surface area contributed by atoms with E-state index in [1.165, 1.54) is 16.0 Å². The predicted octanol–water partition coefficient (Wildman–Crippen LogP) is 2.11. The SMILES string of the molecule is CCC(C(=O)O)C(=O)N(C)CCc1ccccc1C. The normalized spacial score (nSPS) is 11.9. The van der Waals surface area contributed by atoms with Crippen molar-refractivity contribution in [2.75, 3.05) is 13.6 Å². The Morgan fingerprint density at radius 1 is 1.32 bits per heavy atom. The number of carbonyl (C=O) groups is 2. The van der Waals surface area contributed by atoms with Gasteiger partial charge in [0.15, 0.2) is 0 Å². The minimum Gasteiger partial charge on any atom is -0.481 e. The fraction of sp³-hybridized carbons (Fsp3) is 0.467. The molecule has 0 aliphatic rings. The van der Waals surface area contributed by atoms with Crippen molar-refractivity contribution in [1.29, 1.82) is 0 Å². The van der Waals surface area contributed by atoms with Crippen molar-refractivity contribution in [1.82, 2.24) is 4.90 Å². The summed E-state index contributed by atoms with van der Waals surface area (Å²) in [6.45, 7) is 4.28. The molecule has 0 radical (unpaired) electrons. The van der Waals surface area contributed by atoms with Gasteiger partial charge in [0, 0.05) is 13.6 Å². The quantitative estimate of drug-likeness (QED) is 0.800. The molecule has 0 fully saturated rings. The molecule has 0 saturated carbocycles. The molecule has 0 saturated heterocycles. The van der Waals surface area contributed by atoms with Crippen molar-refractivity contribution < 1.29 is 14.7 Å². The van der Waals surface area contributed by atoms with E-state index in [1.54, 1.807) is 14.0 Å². The van der Waals surface area contributed by atoms with E-state index >= 15 is 0 Å². The van der Waals surface area contributed by atoms with Gasteiger partial charge in [-0.15, -0.1) is 0 Å². The number of aliphatic carboxylic acids is 1. The van der Waals surface area contributed by atoms with Gasteiger partial charge in [0.2, 0.25) is 5.91 Å². The highest BCUT2D eigenvalue weighted by molar-refractivity contribution is 5.96. The molecule has 1 aromatic carbocycles. The number of benzene rings is 1. The van der Waals surface area contributed by atoms with Gasteiger partial charge in [-0.3, -0.25) is 9.59 Å². The minimum atomic E-state index is -1.05. The van der Waals surface area contributed by atoms with E-state index in [9.17, 15) is 9.59 Å². The summed E-state index contributed by atoms with van der Waals surface area (Å²) in [4.78, 5) is 24.4. The lowest BCUT2D eigenvalue weighted by atomic mass is 10.0. The number of likely N-dealkylation sites (N-methyl/N-ethyl adjacent to an activating group) is 1. The number of carboxylic acids is 1. The van der Waals surface area contributed by atoms with Gasteiger partial charge in [0.05, 0.1) is 0 Å². The lowest BCUT2D eigenvalue weighted by Gasteiger charge is -2.21. The van der Waals surface area contributed by atoms with E-state index in [0.717, 1.165) is 6.42 Å². The number of rotatable bonds is 6. The highest BCUT2D eigenvalue weighted by Crippen LogP contribution is 2.11. The van der Waals surface area contributed by atoms with Crippen LogP contribution < -0.4 is 0 Å². The first-order valence-electron chi connectivity index (χ1n) is 6.49. The Balaban J connectivity index is 2.60. The lowest BCUT2D eigenvalue weighted by Crippen LogP contribution is -2.37. The molecule has 1 rings (SSSR count). The van der Waals surface area contributed by atoms with Crippen LogP contribution in [0.4, 0.5) is 0 Å². The summed E-state index contributed by atoms with van der Waals surface area (Å²) < 4.78 is 0. The van der Waals surface area contributed by atoms with Crippen LogP contribution in [0, 0.1) is 12.8 Å². The van der Waals surface area contributed by atoms with E-state index in [2.05, 4.69) is 0 Å². The molecule has 0 spiro atoms. The molecule has 1 N–H and O–H groups in total. The van der Waals surface area contributed by atoms with E-state index in [0.29, 0.717) is 13.0 Å².